The van der Waals surface area contributed by atoms with Gasteiger partial charge in [0.05, 0.1) is 0 Å². The van der Waals surface area contributed by atoms with Gasteiger partial charge in [-0.15, -0.1) is 6.54 Å². The van der Waals surface area contributed by atoms with Gasteiger partial charge in [-0.3, -0.25) is 0 Å². The molecular weight excluding hydrogens is 348 g/mol. The van der Waals surface area contributed by atoms with Crippen LogP contribution in [0.25, 0.3) is 5.32 Å². The standard InChI is InChI=1S/C17H21NOP.ClH.Ti/c1-4-18-11-14-7-5-6-13(3)17(14)20-16-10-12(2)8-9-15(16)19;;/h5-10,19-20H,4,11H2,1-3H3;1H;/q-1;;+2/p-1. The Balaban J connectivity index is 0.00000116. The maximum atomic E-state index is 10.0. The predicted octanol–water partition coefficient (Wildman–Crippen LogP) is 4.22. The minimum atomic E-state index is 0.385. The van der Waals surface area contributed by atoms with E-state index in [1.54, 1.807) is 6.07 Å². The summed E-state index contributed by atoms with van der Waals surface area (Å²) in [6.07, 6.45) is 0. The van der Waals surface area contributed by atoms with Gasteiger partial charge in [-0.05, 0) is 36.8 Å². The summed E-state index contributed by atoms with van der Waals surface area (Å²) >= 11 is 1.47. The summed E-state index contributed by atoms with van der Waals surface area (Å²) in [5.41, 5.74) is 3.72. The van der Waals surface area contributed by atoms with Crippen LogP contribution in [0.4, 0.5) is 0 Å². The van der Waals surface area contributed by atoms with Crippen molar-refractivity contribution in [3.05, 3.63) is 58.4 Å². The van der Waals surface area contributed by atoms with Crippen molar-refractivity contribution in [1.82, 2.24) is 0 Å². The summed E-state index contributed by atoms with van der Waals surface area (Å²) in [5, 5.41) is 16.8. The topological polar surface area (TPSA) is 34.3 Å². The van der Waals surface area contributed by atoms with Crippen molar-refractivity contribution < 1.29 is 24.5 Å². The Hall–Kier alpha value is -0.366. The Morgan fingerprint density at radius 1 is 1.18 bits per heavy atom. The molecule has 2 nitrogen and oxygen atoms in total. The molecule has 0 radical (unpaired) electrons. The van der Waals surface area contributed by atoms with Crippen LogP contribution in [-0.4, -0.2) is 11.7 Å². The van der Waals surface area contributed by atoms with Crippen molar-refractivity contribution >= 4 is 28.5 Å². The van der Waals surface area contributed by atoms with E-state index in [0.717, 1.165) is 18.4 Å². The van der Waals surface area contributed by atoms with Gasteiger partial charge in [0.1, 0.15) is 5.75 Å². The Kier molecular flexibility index (Phi) is 9.32. The molecule has 1 N–H and O–H groups in total. The molecule has 0 amide bonds. The molecule has 0 aromatic heterocycles. The van der Waals surface area contributed by atoms with Crippen molar-refractivity contribution in [2.45, 2.75) is 27.3 Å². The number of benzene rings is 2. The molecule has 5 heteroatoms. The quantitative estimate of drug-likeness (QED) is 0.621. The van der Waals surface area contributed by atoms with Crippen LogP contribution in [0.15, 0.2) is 36.4 Å². The Morgan fingerprint density at radius 3 is 2.59 bits per heavy atom. The van der Waals surface area contributed by atoms with Crippen LogP contribution >= 0.6 is 17.9 Å². The van der Waals surface area contributed by atoms with Gasteiger partial charge in [0.25, 0.3) is 0 Å². The molecule has 0 aliphatic rings. The predicted molar refractivity (Wildman–Crippen MR) is 95.1 cm³/mol. The third kappa shape index (κ3) is 5.68. The second-order valence-corrected chi connectivity index (χ2v) is 6.24. The van der Waals surface area contributed by atoms with Crippen LogP contribution in [0.5, 0.6) is 5.75 Å². The molecule has 0 fully saturated rings. The first kappa shape index (κ1) is 19.7. The summed E-state index contributed by atoms with van der Waals surface area (Å²) in [6, 6.07) is 12.1. The average molecular weight is 370 g/mol. The van der Waals surface area contributed by atoms with Gasteiger partial charge in [-0.2, -0.15) is 6.54 Å². The van der Waals surface area contributed by atoms with E-state index in [-0.39, 0.29) is 0 Å². The second kappa shape index (κ2) is 10.4. The Morgan fingerprint density at radius 2 is 1.91 bits per heavy atom. The number of rotatable bonds is 5. The van der Waals surface area contributed by atoms with E-state index in [1.165, 1.54) is 41.4 Å². The molecule has 0 aliphatic carbocycles. The van der Waals surface area contributed by atoms with Gasteiger partial charge in [-0.25, -0.2) is 0 Å². The Labute approximate surface area is 150 Å². The number of halogens is 1. The minimum absolute atomic E-state index is 0.385. The zero-order chi connectivity index (χ0) is 16.5. The number of phenols is 1. The molecule has 2 aromatic carbocycles. The van der Waals surface area contributed by atoms with E-state index >= 15 is 0 Å². The molecule has 0 spiro atoms. The van der Waals surface area contributed by atoms with Crippen molar-refractivity contribution in [3.8, 4) is 5.75 Å². The van der Waals surface area contributed by atoms with E-state index in [9.17, 15) is 5.11 Å². The number of hydrogen-bond acceptors (Lipinski definition) is 1. The summed E-state index contributed by atoms with van der Waals surface area (Å²) in [7, 11) is 5.11. The number of aryl methyl sites for hydroxylation is 2. The zero-order valence-corrected chi connectivity index (χ0v) is 16.5. The normalized spacial score (nSPS) is 10.5. The molecule has 0 bridgehead atoms. The molecular formula is C17H21ClNOPTi. The van der Waals surface area contributed by atoms with E-state index in [1.807, 2.05) is 6.07 Å². The van der Waals surface area contributed by atoms with E-state index < -0.39 is 0 Å². The van der Waals surface area contributed by atoms with Gasteiger partial charge < -0.3 is 10.4 Å². The van der Waals surface area contributed by atoms with Gasteiger partial charge in [0, 0.05) is 5.30 Å². The molecule has 0 saturated carbocycles. The van der Waals surface area contributed by atoms with Gasteiger partial charge in [-0.1, -0.05) is 50.9 Å². The number of nitrogens with zero attached hydrogens (tertiary/aromatic N) is 1. The van der Waals surface area contributed by atoms with Crippen LogP contribution in [0.2, 0.25) is 0 Å². The van der Waals surface area contributed by atoms with Crippen molar-refractivity contribution in [2.75, 3.05) is 6.54 Å². The third-order valence-corrected chi connectivity index (χ3v) is 4.91. The number of hydrogen-bond donors (Lipinski definition) is 1. The first-order chi connectivity index (χ1) is 10.6. The monoisotopic (exact) mass is 369 g/mol. The van der Waals surface area contributed by atoms with Crippen molar-refractivity contribution in [1.29, 1.82) is 0 Å². The molecule has 116 valence electrons. The van der Waals surface area contributed by atoms with Crippen LogP contribution in [0.1, 0.15) is 23.6 Å². The van der Waals surface area contributed by atoms with Crippen LogP contribution in [0, 0.1) is 13.8 Å². The summed E-state index contributed by atoms with van der Waals surface area (Å²) < 4.78 is 0. The van der Waals surface area contributed by atoms with E-state index in [2.05, 4.69) is 59.7 Å². The first-order valence-corrected chi connectivity index (χ1v) is 10.2. The molecule has 0 aliphatic heterocycles. The van der Waals surface area contributed by atoms with Gasteiger partial charge in [0.15, 0.2) is 0 Å². The fraction of sp³-hybridized carbons (Fsp3) is 0.294. The maximum absolute atomic E-state index is 10.0. The van der Waals surface area contributed by atoms with Gasteiger partial charge in [0.2, 0.25) is 0 Å². The average Bonchev–Trinajstić information content (AvgIpc) is 2.53. The van der Waals surface area contributed by atoms with Crippen LogP contribution < -0.4 is 10.6 Å². The van der Waals surface area contributed by atoms with Crippen LogP contribution in [0.3, 0.4) is 0 Å². The molecule has 22 heavy (non-hydrogen) atoms. The number of phenolic OH excluding ortho intramolecular Hbond substituents is 1. The molecule has 0 heterocycles. The fourth-order valence-corrected chi connectivity index (χ4v) is 3.54. The van der Waals surface area contributed by atoms with Crippen LogP contribution in [-0.2, 0) is 25.9 Å². The Bertz CT molecular complexity index is 607. The summed E-state index contributed by atoms with van der Waals surface area (Å²) in [5.74, 6) is 0.385. The number of aromatic hydroxyl groups is 1. The molecule has 2 aromatic rings. The zero-order valence-electron chi connectivity index (χ0n) is 13.2. The fourth-order valence-electron chi connectivity index (χ4n) is 2.16. The van der Waals surface area contributed by atoms with Gasteiger partial charge >= 0.3 is 28.7 Å². The molecule has 1 atom stereocenters. The van der Waals surface area contributed by atoms with E-state index in [0.29, 0.717) is 14.3 Å². The first-order valence-electron chi connectivity index (χ1n) is 7.09. The molecule has 1 unspecified atom stereocenters. The second-order valence-electron chi connectivity index (χ2n) is 4.95. The van der Waals surface area contributed by atoms with Crippen molar-refractivity contribution in [2.24, 2.45) is 0 Å². The SMILES string of the molecule is CC[N-]Cc1cccc(C)c1Pc1cc(C)ccc1O.[Cl][Ti+]. The molecule has 2 rings (SSSR count). The third-order valence-electron chi connectivity index (χ3n) is 3.28. The molecule has 0 saturated heterocycles. The summed E-state index contributed by atoms with van der Waals surface area (Å²) in [4.78, 5) is 0. The summed E-state index contributed by atoms with van der Waals surface area (Å²) in [6.45, 7) is 7.84. The van der Waals surface area contributed by atoms with Crippen molar-refractivity contribution in [3.63, 3.8) is 0 Å². The van der Waals surface area contributed by atoms with E-state index in [4.69, 9.17) is 0 Å².